The molecule has 0 saturated heterocycles. The summed E-state index contributed by atoms with van der Waals surface area (Å²) >= 11 is 0. The summed E-state index contributed by atoms with van der Waals surface area (Å²) < 4.78 is 2.11. The number of hydrogen-bond donors (Lipinski definition) is 0. The summed E-state index contributed by atoms with van der Waals surface area (Å²) in [5, 5.41) is 0. The standard InChI is InChI=1S/C20H18N4/c1-2-6-13-23(15-21-12-5-1)17-8-7-9-18(14-17)24-16-22-19-10-3-4-11-20(19)24/h1-11,14-16H,12-13H2/b5-1-,6-2-,21-15?. The van der Waals surface area contributed by atoms with E-state index in [4.69, 9.17) is 0 Å². The molecule has 0 N–H and O–H groups in total. The molecule has 4 rings (SSSR count). The first-order valence-corrected chi connectivity index (χ1v) is 8.02. The van der Waals surface area contributed by atoms with E-state index in [0.717, 1.165) is 29.0 Å². The fraction of sp³-hybridized carbons (Fsp3) is 0.100. The van der Waals surface area contributed by atoms with Gasteiger partial charge < -0.3 is 4.90 Å². The average Bonchev–Trinajstić information content (AvgIpc) is 3.11. The summed E-state index contributed by atoms with van der Waals surface area (Å²) in [5.41, 5.74) is 4.32. The first-order valence-electron chi connectivity index (χ1n) is 8.02. The van der Waals surface area contributed by atoms with Crippen molar-refractivity contribution in [2.24, 2.45) is 4.99 Å². The van der Waals surface area contributed by atoms with Gasteiger partial charge in [0.15, 0.2) is 0 Å². The van der Waals surface area contributed by atoms with Gasteiger partial charge in [0.05, 0.1) is 23.9 Å². The Morgan fingerprint density at radius 3 is 2.75 bits per heavy atom. The number of para-hydroxylation sites is 2. The van der Waals surface area contributed by atoms with Gasteiger partial charge in [0.2, 0.25) is 0 Å². The van der Waals surface area contributed by atoms with Crippen LogP contribution in [-0.4, -0.2) is 29.0 Å². The molecule has 3 aromatic rings. The number of allylic oxidation sites excluding steroid dienone is 2. The van der Waals surface area contributed by atoms with Crippen molar-refractivity contribution in [1.29, 1.82) is 0 Å². The maximum absolute atomic E-state index is 4.48. The smallest absolute Gasteiger partial charge is 0.100 e. The highest BCUT2D eigenvalue weighted by atomic mass is 15.2. The van der Waals surface area contributed by atoms with Gasteiger partial charge in [-0.15, -0.1) is 0 Å². The zero-order valence-electron chi connectivity index (χ0n) is 13.3. The molecule has 0 radical (unpaired) electrons. The molecule has 4 heteroatoms. The van der Waals surface area contributed by atoms with Crippen LogP contribution >= 0.6 is 0 Å². The minimum Gasteiger partial charge on any atom is -0.329 e. The van der Waals surface area contributed by atoms with Crippen LogP contribution in [0.5, 0.6) is 0 Å². The molecule has 0 saturated carbocycles. The molecule has 0 atom stereocenters. The lowest BCUT2D eigenvalue weighted by atomic mass is 10.2. The van der Waals surface area contributed by atoms with E-state index in [0.29, 0.717) is 6.54 Å². The number of fused-ring (bicyclic) bond motifs is 1. The molecule has 0 fully saturated rings. The van der Waals surface area contributed by atoms with Gasteiger partial charge in [0.1, 0.15) is 6.33 Å². The van der Waals surface area contributed by atoms with Crippen LogP contribution < -0.4 is 4.90 Å². The number of rotatable bonds is 2. The molecule has 0 unspecified atom stereocenters. The Morgan fingerprint density at radius 2 is 1.75 bits per heavy atom. The highest BCUT2D eigenvalue weighted by Gasteiger charge is 2.07. The molecule has 0 bridgehead atoms. The van der Waals surface area contributed by atoms with Gasteiger partial charge in [0.25, 0.3) is 0 Å². The number of imidazole rings is 1. The van der Waals surface area contributed by atoms with Crippen LogP contribution in [0.4, 0.5) is 5.69 Å². The SMILES string of the molecule is C1=NC/C=C\C=C/CN1c1cccc(-n2cnc3ccccc32)c1. The van der Waals surface area contributed by atoms with E-state index in [1.807, 2.05) is 43.0 Å². The highest BCUT2D eigenvalue weighted by Crippen LogP contribution is 2.22. The third-order valence-corrected chi connectivity index (χ3v) is 4.01. The Balaban J connectivity index is 1.72. The van der Waals surface area contributed by atoms with E-state index in [1.54, 1.807) is 0 Å². The number of nitrogens with zero attached hydrogens (tertiary/aromatic N) is 4. The van der Waals surface area contributed by atoms with Crippen LogP contribution in [0.3, 0.4) is 0 Å². The van der Waals surface area contributed by atoms with Crippen LogP contribution in [0.2, 0.25) is 0 Å². The Labute approximate surface area is 141 Å². The molecule has 1 aliphatic heterocycles. The Kier molecular flexibility index (Phi) is 3.94. The summed E-state index contributed by atoms with van der Waals surface area (Å²) in [6.07, 6.45) is 12.1. The van der Waals surface area contributed by atoms with Crippen molar-refractivity contribution in [3.05, 3.63) is 79.2 Å². The Bertz CT molecular complexity index is 933. The van der Waals surface area contributed by atoms with E-state index in [9.17, 15) is 0 Å². The number of hydrogen-bond acceptors (Lipinski definition) is 3. The molecular formula is C20H18N4. The first-order chi connectivity index (χ1) is 11.9. The summed E-state index contributed by atoms with van der Waals surface area (Å²) in [4.78, 5) is 11.1. The van der Waals surface area contributed by atoms with Gasteiger partial charge in [-0.05, 0) is 30.3 Å². The van der Waals surface area contributed by atoms with Crippen molar-refractivity contribution in [1.82, 2.24) is 9.55 Å². The van der Waals surface area contributed by atoms with E-state index in [2.05, 4.69) is 61.9 Å². The van der Waals surface area contributed by atoms with Crippen molar-refractivity contribution in [3.8, 4) is 5.69 Å². The Morgan fingerprint density at radius 1 is 0.875 bits per heavy atom. The maximum Gasteiger partial charge on any atom is 0.100 e. The van der Waals surface area contributed by atoms with E-state index < -0.39 is 0 Å². The fourth-order valence-electron chi connectivity index (χ4n) is 2.80. The molecule has 24 heavy (non-hydrogen) atoms. The largest absolute Gasteiger partial charge is 0.329 e. The third kappa shape index (κ3) is 2.86. The monoisotopic (exact) mass is 314 g/mol. The van der Waals surface area contributed by atoms with Crippen LogP contribution in [0, 0.1) is 0 Å². The van der Waals surface area contributed by atoms with Gasteiger partial charge in [-0.1, -0.05) is 42.5 Å². The van der Waals surface area contributed by atoms with Crippen molar-refractivity contribution in [2.75, 3.05) is 18.0 Å². The second kappa shape index (κ2) is 6.54. The molecule has 0 amide bonds. The van der Waals surface area contributed by atoms with Gasteiger partial charge >= 0.3 is 0 Å². The highest BCUT2D eigenvalue weighted by molar-refractivity contribution is 5.81. The number of benzene rings is 2. The topological polar surface area (TPSA) is 33.4 Å². The van der Waals surface area contributed by atoms with E-state index in [-0.39, 0.29) is 0 Å². The fourth-order valence-corrected chi connectivity index (χ4v) is 2.80. The maximum atomic E-state index is 4.48. The van der Waals surface area contributed by atoms with Crippen molar-refractivity contribution >= 4 is 23.1 Å². The lowest BCUT2D eigenvalue weighted by molar-refractivity contribution is 1.08. The molecule has 2 heterocycles. The predicted octanol–water partition coefficient (Wildman–Crippen LogP) is 3.99. The lowest BCUT2D eigenvalue weighted by Crippen LogP contribution is -2.21. The second-order valence-electron chi connectivity index (χ2n) is 5.61. The molecule has 1 aromatic heterocycles. The number of aromatic nitrogens is 2. The summed E-state index contributed by atoms with van der Waals surface area (Å²) in [7, 11) is 0. The van der Waals surface area contributed by atoms with Gasteiger partial charge in [-0.3, -0.25) is 9.56 Å². The summed E-state index contributed by atoms with van der Waals surface area (Å²) in [6.45, 7) is 1.49. The minimum atomic E-state index is 0.701. The Hall–Kier alpha value is -3.14. The molecule has 1 aliphatic rings. The quantitative estimate of drug-likeness (QED) is 0.717. The zero-order chi connectivity index (χ0) is 16.2. The van der Waals surface area contributed by atoms with Crippen molar-refractivity contribution in [3.63, 3.8) is 0 Å². The van der Waals surface area contributed by atoms with Crippen LogP contribution in [0.1, 0.15) is 0 Å². The molecule has 0 spiro atoms. The molecule has 2 aromatic carbocycles. The molecule has 4 nitrogen and oxygen atoms in total. The normalized spacial score (nSPS) is 17.2. The van der Waals surface area contributed by atoms with E-state index >= 15 is 0 Å². The van der Waals surface area contributed by atoms with Gasteiger partial charge in [-0.25, -0.2) is 4.98 Å². The first kappa shape index (κ1) is 14.5. The average molecular weight is 314 g/mol. The second-order valence-corrected chi connectivity index (χ2v) is 5.61. The molecule has 118 valence electrons. The van der Waals surface area contributed by atoms with Crippen LogP contribution in [0.15, 0.2) is 84.2 Å². The summed E-state index contributed by atoms with van der Waals surface area (Å²) in [6, 6.07) is 16.6. The molecule has 0 aliphatic carbocycles. The van der Waals surface area contributed by atoms with Crippen LogP contribution in [0.25, 0.3) is 16.7 Å². The predicted molar refractivity (Wildman–Crippen MR) is 100 cm³/mol. The number of aliphatic imine (C=N–C) groups is 1. The minimum absolute atomic E-state index is 0.701. The van der Waals surface area contributed by atoms with E-state index in [1.165, 1.54) is 0 Å². The summed E-state index contributed by atoms with van der Waals surface area (Å²) in [5.74, 6) is 0. The lowest BCUT2D eigenvalue weighted by Gasteiger charge is -2.19. The van der Waals surface area contributed by atoms with Gasteiger partial charge in [0, 0.05) is 17.9 Å². The van der Waals surface area contributed by atoms with Crippen molar-refractivity contribution in [2.45, 2.75) is 0 Å². The van der Waals surface area contributed by atoms with Crippen LogP contribution in [-0.2, 0) is 0 Å². The molecular weight excluding hydrogens is 296 g/mol. The van der Waals surface area contributed by atoms with Gasteiger partial charge in [-0.2, -0.15) is 0 Å². The van der Waals surface area contributed by atoms with Crippen molar-refractivity contribution < 1.29 is 0 Å². The third-order valence-electron chi connectivity index (χ3n) is 4.01. The number of anilines is 1. The zero-order valence-corrected chi connectivity index (χ0v) is 13.3.